The molecule has 108 valence electrons. The van der Waals surface area contributed by atoms with Gasteiger partial charge in [0.05, 0.1) is 12.7 Å². The number of nitrogens with zero attached hydrogens (tertiary/aromatic N) is 1. The second kappa shape index (κ2) is 5.74. The average Bonchev–Trinajstić information content (AvgIpc) is 3.03. The van der Waals surface area contributed by atoms with Gasteiger partial charge in [-0.2, -0.15) is 0 Å². The molecule has 2 aliphatic rings. The molecule has 2 saturated heterocycles. The lowest BCUT2D eigenvalue weighted by Gasteiger charge is -2.21. The van der Waals surface area contributed by atoms with Gasteiger partial charge in [-0.3, -0.25) is 9.69 Å². The Bertz CT molecular complexity index is 521. The van der Waals surface area contributed by atoms with Gasteiger partial charge in [-0.1, -0.05) is 15.9 Å². The summed E-state index contributed by atoms with van der Waals surface area (Å²) in [5, 5.41) is 3.18. The Labute approximate surface area is 127 Å². The van der Waals surface area contributed by atoms with Crippen molar-refractivity contribution in [2.45, 2.75) is 31.3 Å². The number of hydrogen-bond donors (Lipinski definition) is 1. The number of nitrogens with one attached hydrogen (secondary N) is 1. The molecule has 0 spiro atoms. The Morgan fingerprint density at radius 1 is 1.40 bits per heavy atom. The highest BCUT2D eigenvalue weighted by atomic mass is 79.9. The molecule has 1 aromatic rings. The molecule has 1 amide bonds. The summed E-state index contributed by atoms with van der Waals surface area (Å²) in [6, 6.07) is 6.30. The summed E-state index contributed by atoms with van der Waals surface area (Å²) in [4.78, 5) is 14.9. The van der Waals surface area contributed by atoms with Gasteiger partial charge in [-0.15, -0.1) is 0 Å². The lowest BCUT2D eigenvalue weighted by molar-refractivity contribution is 0.0926. The first-order valence-corrected chi connectivity index (χ1v) is 7.87. The SMILES string of the molecule is COc1cc(Br)ccc1C(=O)NC1CCN2CCCC12. The van der Waals surface area contributed by atoms with Crippen molar-refractivity contribution in [1.29, 1.82) is 0 Å². The smallest absolute Gasteiger partial charge is 0.255 e. The third kappa shape index (κ3) is 2.56. The number of benzene rings is 1. The van der Waals surface area contributed by atoms with E-state index in [1.807, 2.05) is 12.1 Å². The van der Waals surface area contributed by atoms with Gasteiger partial charge in [0.1, 0.15) is 5.75 Å². The summed E-state index contributed by atoms with van der Waals surface area (Å²) in [6.07, 6.45) is 3.50. The molecule has 1 aromatic carbocycles. The number of halogens is 1. The Morgan fingerprint density at radius 2 is 2.25 bits per heavy atom. The van der Waals surface area contributed by atoms with Crippen LogP contribution in [0.15, 0.2) is 22.7 Å². The third-order valence-electron chi connectivity index (χ3n) is 4.33. The van der Waals surface area contributed by atoms with E-state index in [0.717, 1.165) is 17.4 Å². The lowest BCUT2D eigenvalue weighted by Crippen LogP contribution is -2.42. The van der Waals surface area contributed by atoms with E-state index >= 15 is 0 Å². The first-order valence-electron chi connectivity index (χ1n) is 7.07. The van der Waals surface area contributed by atoms with Crippen molar-refractivity contribution < 1.29 is 9.53 Å². The molecule has 0 radical (unpaired) electrons. The Kier molecular flexibility index (Phi) is 3.98. The molecule has 4 nitrogen and oxygen atoms in total. The standard InChI is InChI=1S/C15H19BrN2O2/c1-20-14-9-10(16)4-5-11(14)15(19)17-12-6-8-18-7-2-3-13(12)18/h4-5,9,12-13H,2-3,6-8H2,1H3,(H,17,19). The highest BCUT2D eigenvalue weighted by molar-refractivity contribution is 9.10. The molecular formula is C15H19BrN2O2. The maximum absolute atomic E-state index is 12.5. The van der Waals surface area contributed by atoms with E-state index < -0.39 is 0 Å². The van der Waals surface area contributed by atoms with E-state index in [1.54, 1.807) is 13.2 Å². The predicted molar refractivity (Wildman–Crippen MR) is 81.2 cm³/mol. The van der Waals surface area contributed by atoms with Crippen LogP contribution in [0.3, 0.4) is 0 Å². The second-order valence-electron chi connectivity index (χ2n) is 5.46. The summed E-state index contributed by atoms with van der Waals surface area (Å²) in [5.74, 6) is 0.575. The molecule has 2 fully saturated rings. The number of carbonyl (C=O) groups excluding carboxylic acids is 1. The van der Waals surface area contributed by atoms with Crippen molar-refractivity contribution in [3.8, 4) is 5.75 Å². The van der Waals surface area contributed by atoms with Crippen LogP contribution >= 0.6 is 15.9 Å². The molecule has 3 rings (SSSR count). The van der Waals surface area contributed by atoms with Gasteiger partial charge in [0.2, 0.25) is 0 Å². The number of methoxy groups -OCH3 is 1. The van der Waals surface area contributed by atoms with Gasteiger partial charge in [0, 0.05) is 23.1 Å². The fraction of sp³-hybridized carbons (Fsp3) is 0.533. The van der Waals surface area contributed by atoms with E-state index in [1.165, 1.54) is 19.4 Å². The van der Waals surface area contributed by atoms with Gasteiger partial charge in [-0.05, 0) is 44.0 Å². The normalized spacial score (nSPS) is 25.5. The molecule has 0 aliphatic carbocycles. The molecular weight excluding hydrogens is 320 g/mol. The molecule has 0 aromatic heterocycles. The fourth-order valence-electron chi connectivity index (χ4n) is 3.35. The number of carbonyl (C=O) groups is 1. The summed E-state index contributed by atoms with van der Waals surface area (Å²) in [7, 11) is 1.59. The first kappa shape index (κ1) is 13.9. The van der Waals surface area contributed by atoms with Gasteiger partial charge in [-0.25, -0.2) is 0 Å². The summed E-state index contributed by atoms with van der Waals surface area (Å²) >= 11 is 3.39. The van der Waals surface area contributed by atoms with Crippen LogP contribution in [0.4, 0.5) is 0 Å². The lowest BCUT2D eigenvalue weighted by atomic mass is 10.1. The van der Waals surface area contributed by atoms with Gasteiger partial charge < -0.3 is 10.1 Å². The largest absolute Gasteiger partial charge is 0.496 e. The van der Waals surface area contributed by atoms with Crippen LogP contribution in [0.1, 0.15) is 29.6 Å². The van der Waals surface area contributed by atoms with Crippen LogP contribution in [0, 0.1) is 0 Å². The van der Waals surface area contributed by atoms with E-state index in [0.29, 0.717) is 17.4 Å². The summed E-state index contributed by atoms with van der Waals surface area (Å²) in [6.45, 7) is 2.28. The van der Waals surface area contributed by atoms with Crippen molar-refractivity contribution >= 4 is 21.8 Å². The zero-order valence-corrected chi connectivity index (χ0v) is 13.1. The Balaban J connectivity index is 1.73. The van der Waals surface area contributed by atoms with Crippen molar-refractivity contribution in [2.24, 2.45) is 0 Å². The van der Waals surface area contributed by atoms with E-state index in [2.05, 4.69) is 26.1 Å². The molecule has 2 atom stereocenters. The number of ether oxygens (including phenoxy) is 1. The fourth-order valence-corrected chi connectivity index (χ4v) is 3.69. The predicted octanol–water partition coefficient (Wildman–Crippen LogP) is 2.42. The number of rotatable bonds is 3. The van der Waals surface area contributed by atoms with Crippen molar-refractivity contribution in [3.05, 3.63) is 28.2 Å². The van der Waals surface area contributed by atoms with Crippen LogP contribution in [-0.4, -0.2) is 43.1 Å². The Morgan fingerprint density at radius 3 is 3.05 bits per heavy atom. The minimum Gasteiger partial charge on any atom is -0.496 e. The zero-order chi connectivity index (χ0) is 14.1. The van der Waals surface area contributed by atoms with E-state index in [9.17, 15) is 4.79 Å². The second-order valence-corrected chi connectivity index (χ2v) is 6.37. The highest BCUT2D eigenvalue weighted by Crippen LogP contribution is 2.29. The Hall–Kier alpha value is -1.07. The maximum atomic E-state index is 12.5. The van der Waals surface area contributed by atoms with Crippen LogP contribution in [0.2, 0.25) is 0 Å². The van der Waals surface area contributed by atoms with Gasteiger partial charge in [0.15, 0.2) is 0 Å². The molecule has 0 saturated carbocycles. The monoisotopic (exact) mass is 338 g/mol. The van der Waals surface area contributed by atoms with Crippen LogP contribution < -0.4 is 10.1 Å². The molecule has 0 bridgehead atoms. The van der Waals surface area contributed by atoms with Crippen LogP contribution in [0.25, 0.3) is 0 Å². The molecule has 2 heterocycles. The van der Waals surface area contributed by atoms with Gasteiger partial charge >= 0.3 is 0 Å². The van der Waals surface area contributed by atoms with Crippen molar-refractivity contribution in [1.82, 2.24) is 10.2 Å². The number of amides is 1. The molecule has 20 heavy (non-hydrogen) atoms. The van der Waals surface area contributed by atoms with E-state index in [-0.39, 0.29) is 11.9 Å². The van der Waals surface area contributed by atoms with Crippen LogP contribution in [-0.2, 0) is 0 Å². The summed E-state index contributed by atoms with van der Waals surface area (Å²) in [5.41, 5.74) is 0.604. The molecule has 2 aliphatic heterocycles. The van der Waals surface area contributed by atoms with Crippen molar-refractivity contribution in [2.75, 3.05) is 20.2 Å². The quantitative estimate of drug-likeness (QED) is 0.920. The van der Waals surface area contributed by atoms with Crippen molar-refractivity contribution in [3.63, 3.8) is 0 Å². The van der Waals surface area contributed by atoms with Gasteiger partial charge in [0.25, 0.3) is 5.91 Å². The first-order chi connectivity index (χ1) is 9.69. The minimum atomic E-state index is -0.0342. The minimum absolute atomic E-state index is 0.0342. The average molecular weight is 339 g/mol. The molecule has 1 N–H and O–H groups in total. The summed E-state index contributed by atoms with van der Waals surface area (Å²) < 4.78 is 6.21. The third-order valence-corrected chi connectivity index (χ3v) is 4.82. The number of fused-ring (bicyclic) bond motifs is 1. The zero-order valence-electron chi connectivity index (χ0n) is 11.6. The number of hydrogen-bond acceptors (Lipinski definition) is 3. The molecule has 5 heteroatoms. The van der Waals surface area contributed by atoms with E-state index in [4.69, 9.17) is 4.74 Å². The molecule has 2 unspecified atom stereocenters. The topological polar surface area (TPSA) is 41.6 Å². The van der Waals surface area contributed by atoms with Crippen LogP contribution in [0.5, 0.6) is 5.75 Å². The highest BCUT2D eigenvalue weighted by Gasteiger charge is 2.38. The maximum Gasteiger partial charge on any atom is 0.255 e.